The van der Waals surface area contributed by atoms with E-state index in [1.807, 2.05) is 0 Å². The van der Waals surface area contributed by atoms with Crippen LogP contribution in [0.25, 0.3) is 10.9 Å². The first-order chi connectivity index (χ1) is 13.9. The van der Waals surface area contributed by atoms with Gasteiger partial charge in [0.15, 0.2) is 0 Å². The summed E-state index contributed by atoms with van der Waals surface area (Å²) in [5.41, 5.74) is 1.03. The van der Waals surface area contributed by atoms with E-state index in [0.29, 0.717) is 6.04 Å². The Balaban J connectivity index is 1.67. The van der Waals surface area contributed by atoms with E-state index in [2.05, 4.69) is 74.4 Å². The SMILES string of the molecule is CC(C)C1CCC(N(C)Cc2nc(NCCCN(C)C)c3ccccc3n2)CC1. The maximum Gasteiger partial charge on any atom is 0.145 e. The lowest BCUT2D eigenvalue weighted by Crippen LogP contribution is -2.36. The van der Waals surface area contributed by atoms with Crippen molar-refractivity contribution >= 4 is 16.7 Å². The summed E-state index contributed by atoms with van der Waals surface area (Å²) < 4.78 is 0. The minimum atomic E-state index is 0.650. The fourth-order valence-corrected chi connectivity index (χ4v) is 4.49. The van der Waals surface area contributed by atoms with E-state index in [4.69, 9.17) is 9.97 Å². The Bertz CT molecular complexity index is 765. The van der Waals surface area contributed by atoms with Crippen molar-refractivity contribution in [3.8, 4) is 0 Å². The first kappa shape index (κ1) is 22.0. The van der Waals surface area contributed by atoms with E-state index in [1.54, 1.807) is 0 Å². The Kier molecular flexibility index (Phi) is 7.84. The molecule has 1 fully saturated rings. The number of aromatic nitrogens is 2. The van der Waals surface area contributed by atoms with Crippen LogP contribution in [0.5, 0.6) is 0 Å². The van der Waals surface area contributed by atoms with E-state index in [1.165, 1.54) is 25.7 Å². The van der Waals surface area contributed by atoms with Gasteiger partial charge in [-0.1, -0.05) is 26.0 Å². The zero-order valence-electron chi connectivity index (χ0n) is 19.0. The number of benzene rings is 1. The molecule has 3 rings (SSSR count). The quantitative estimate of drug-likeness (QED) is 0.625. The second-order valence-electron chi connectivity index (χ2n) is 9.32. The second-order valence-corrected chi connectivity index (χ2v) is 9.32. The molecule has 0 amide bonds. The molecule has 1 heterocycles. The van der Waals surface area contributed by atoms with Crippen molar-refractivity contribution < 1.29 is 0 Å². The molecule has 1 N–H and O–H groups in total. The molecule has 0 spiro atoms. The molecule has 0 bridgehead atoms. The summed E-state index contributed by atoms with van der Waals surface area (Å²) in [6.07, 6.45) is 6.39. The van der Waals surface area contributed by atoms with E-state index in [0.717, 1.165) is 60.4 Å². The van der Waals surface area contributed by atoms with Crippen LogP contribution >= 0.6 is 0 Å². The van der Waals surface area contributed by atoms with Gasteiger partial charge in [-0.25, -0.2) is 9.97 Å². The van der Waals surface area contributed by atoms with E-state index >= 15 is 0 Å². The van der Waals surface area contributed by atoms with Crippen LogP contribution < -0.4 is 5.32 Å². The molecular weight excluding hydrogens is 358 g/mol. The highest BCUT2D eigenvalue weighted by Crippen LogP contribution is 2.32. The van der Waals surface area contributed by atoms with E-state index in [-0.39, 0.29) is 0 Å². The highest BCUT2D eigenvalue weighted by atomic mass is 15.2. The van der Waals surface area contributed by atoms with Gasteiger partial charge in [0.05, 0.1) is 12.1 Å². The monoisotopic (exact) mass is 397 g/mol. The number of rotatable bonds is 9. The normalized spacial score (nSPS) is 20.1. The number of nitrogens with zero attached hydrogens (tertiary/aromatic N) is 4. The Hall–Kier alpha value is -1.72. The van der Waals surface area contributed by atoms with Crippen molar-refractivity contribution in [2.75, 3.05) is 39.5 Å². The topological polar surface area (TPSA) is 44.3 Å². The van der Waals surface area contributed by atoms with Crippen LogP contribution in [0, 0.1) is 11.8 Å². The molecule has 2 aromatic rings. The molecule has 1 aromatic heterocycles. The highest BCUT2D eigenvalue weighted by Gasteiger charge is 2.26. The second kappa shape index (κ2) is 10.4. The van der Waals surface area contributed by atoms with E-state index < -0.39 is 0 Å². The minimum Gasteiger partial charge on any atom is -0.369 e. The molecule has 0 unspecified atom stereocenters. The van der Waals surface area contributed by atoms with Crippen LogP contribution in [-0.4, -0.2) is 60.0 Å². The Morgan fingerprint density at radius 2 is 1.76 bits per heavy atom. The number of fused-ring (bicyclic) bond motifs is 1. The zero-order valence-corrected chi connectivity index (χ0v) is 19.0. The minimum absolute atomic E-state index is 0.650. The first-order valence-electron chi connectivity index (χ1n) is 11.3. The summed E-state index contributed by atoms with van der Waals surface area (Å²) in [4.78, 5) is 14.5. The third kappa shape index (κ3) is 6.13. The van der Waals surface area contributed by atoms with Crippen molar-refractivity contribution in [1.82, 2.24) is 19.8 Å². The third-order valence-electron chi connectivity index (χ3n) is 6.42. The summed E-state index contributed by atoms with van der Waals surface area (Å²) >= 11 is 0. The smallest absolute Gasteiger partial charge is 0.145 e. The molecule has 5 heteroatoms. The third-order valence-corrected chi connectivity index (χ3v) is 6.42. The van der Waals surface area contributed by atoms with Gasteiger partial charge < -0.3 is 10.2 Å². The number of nitrogens with one attached hydrogen (secondary N) is 1. The molecule has 1 saturated carbocycles. The summed E-state index contributed by atoms with van der Waals surface area (Å²) in [5, 5.41) is 4.67. The maximum atomic E-state index is 4.92. The van der Waals surface area contributed by atoms with Gasteiger partial charge in [-0.05, 0) is 83.8 Å². The number of anilines is 1. The predicted molar refractivity (Wildman–Crippen MR) is 123 cm³/mol. The van der Waals surface area contributed by atoms with E-state index in [9.17, 15) is 0 Å². The fraction of sp³-hybridized carbons (Fsp3) is 0.667. The Morgan fingerprint density at radius 3 is 2.45 bits per heavy atom. The van der Waals surface area contributed by atoms with Gasteiger partial charge in [-0.2, -0.15) is 0 Å². The Labute approximate surface area is 176 Å². The molecule has 5 nitrogen and oxygen atoms in total. The largest absolute Gasteiger partial charge is 0.369 e. The van der Waals surface area contributed by atoms with Gasteiger partial charge in [0, 0.05) is 18.0 Å². The Morgan fingerprint density at radius 1 is 1.03 bits per heavy atom. The average molecular weight is 398 g/mol. The molecule has 0 saturated heterocycles. The van der Waals surface area contributed by atoms with Crippen LogP contribution in [0.4, 0.5) is 5.82 Å². The summed E-state index contributed by atoms with van der Waals surface area (Å²) in [6, 6.07) is 8.99. The molecular formula is C24H39N5. The van der Waals surface area contributed by atoms with Crippen molar-refractivity contribution in [3.63, 3.8) is 0 Å². The molecule has 0 aliphatic heterocycles. The van der Waals surface area contributed by atoms with Gasteiger partial charge in [-0.3, -0.25) is 4.90 Å². The molecule has 0 atom stereocenters. The predicted octanol–water partition coefficient (Wildman–Crippen LogP) is 4.64. The fourth-order valence-electron chi connectivity index (χ4n) is 4.49. The number of para-hydroxylation sites is 1. The maximum absolute atomic E-state index is 4.92. The van der Waals surface area contributed by atoms with Crippen molar-refractivity contribution in [3.05, 3.63) is 30.1 Å². The summed E-state index contributed by atoms with van der Waals surface area (Å²) in [6.45, 7) is 7.54. The van der Waals surface area contributed by atoms with Gasteiger partial charge in [0.1, 0.15) is 11.6 Å². The molecule has 0 radical (unpaired) electrons. The summed E-state index contributed by atoms with van der Waals surface area (Å²) in [5.74, 6) is 3.61. The summed E-state index contributed by atoms with van der Waals surface area (Å²) in [7, 11) is 6.47. The van der Waals surface area contributed by atoms with Gasteiger partial charge in [0.2, 0.25) is 0 Å². The van der Waals surface area contributed by atoms with Crippen LogP contribution in [-0.2, 0) is 6.54 Å². The van der Waals surface area contributed by atoms with Crippen LogP contribution in [0.2, 0.25) is 0 Å². The van der Waals surface area contributed by atoms with Crippen LogP contribution in [0.1, 0.15) is 51.8 Å². The molecule has 160 valence electrons. The van der Waals surface area contributed by atoms with Crippen LogP contribution in [0.15, 0.2) is 24.3 Å². The number of hydrogen-bond acceptors (Lipinski definition) is 5. The van der Waals surface area contributed by atoms with Crippen molar-refractivity contribution in [1.29, 1.82) is 0 Å². The van der Waals surface area contributed by atoms with Crippen LogP contribution in [0.3, 0.4) is 0 Å². The van der Waals surface area contributed by atoms with Crippen molar-refractivity contribution in [2.24, 2.45) is 11.8 Å². The molecule has 1 aromatic carbocycles. The highest BCUT2D eigenvalue weighted by molar-refractivity contribution is 5.88. The van der Waals surface area contributed by atoms with Gasteiger partial charge in [-0.15, -0.1) is 0 Å². The lowest BCUT2D eigenvalue weighted by Gasteiger charge is -2.35. The molecule has 1 aliphatic carbocycles. The lowest BCUT2D eigenvalue weighted by atomic mass is 9.79. The van der Waals surface area contributed by atoms with Gasteiger partial charge >= 0.3 is 0 Å². The first-order valence-corrected chi connectivity index (χ1v) is 11.3. The molecule has 1 aliphatic rings. The lowest BCUT2D eigenvalue weighted by molar-refractivity contribution is 0.140. The standard InChI is InChI=1S/C24H39N5/c1-18(2)19-11-13-20(14-12-19)29(5)17-23-26-22-10-7-6-9-21(22)24(27-23)25-15-8-16-28(3)4/h6-7,9-10,18-20H,8,11-17H2,1-5H3,(H,25,26,27). The number of hydrogen-bond donors (Lipinski definition) is 1. The molecule has 29 heavy (non-hydrogen) atoms. The average Bonchev–Trinajstić information content (AvgIpc) is 2.71. The zero-order chi connectivity index (χ0) is 20.8. The van der Waals surface area contributed by atoms with Gasteiger partial charge in [0.25, 0.3) is 0 Å². The van der Waals surface area contributed by atoms with Crippen molar-refractivity contribution in [2.45, 2.75) is 58.5 Å².